The molecule has 0 atom stereocenters. The number of aryl methyl sites for hydroxylation is 1. The number of hydrogen-bond donors (Lipinski definition) is 1. The van der Waals surface area contributed by atoms with Crippen LogP contribution in [0.4, 0.5) is 5.82 Å². The maximum atomic E-state index is 12.4. The lowest BCUT2D eigenvalue weighted by Crippen LogP contribution is -2.14. The summed E-state index contributed by atoms with van der Waals surface area (Å²) >= 11 is 0. The van der Waals surface area contributed by atoms with Gasteiger partial charge in [-0.25, -0.2) is 9.97 Å². The Balaban J connectivity index is 1.62. The molecule has 0 bridgehead atoms. The minimum absolute atomic E-state index is 0.109. The van der Waals surface area contributed by atoms with Gasteiger partial charge in [0.15, 0.2) is 17.4 Å². The van der Waals surface area contributed by atoms with Gasteiger partial charge in [0, 0.05) is 23.9 Å². The number of imidazole rings is 1. The van der Waals surface area contributed by atoms with Crippen LogP contribution in [0, 0.1) is 0 Å². The third-order valence-corrected chi connectivity index (χ3v) is 4.19. The molecular formula is C19H18N6O2. The summed E-state index contributed by atoms with van der Waals surface area (Å²) in [4.78, 5) is 20.7. The number of anilines is 1. The second-order valence-corrected chi connectivity index (χ2v) is 6.57. The fourth-order valence-corrected chi connectivity index (χ4v) is 2.74. The van der Waals surface area contributed by atoms with Crippen LogP contribution in [0.15, 0.2) is 47.5 Å². The summed E-state index contributed by atoms with van der Waals surface area (Å²) in [6.07, 6.45) is 4.90. The highest BCUT2D eigenvalue weighted by Crippen LogP contribution is 2.24. The highest BCUT2D eigenvalue weighted by molar-refractivity contribution is 6.02. The van der Waals surface area contributed by atoms with Gasteiger partial charge in [0.1, 0.15) is 6.26 Å². The van der Waals surface area contributed by atoms with Crippen molar-refractivity contribution >= 4 is 22.6 Å². The Morgan fingerprint density at radius 3 is 2.78 bits per heavy atom. The fourth-order valence-electron chi connectivity index (χ4n) is 2.74. The van der Waals surface area contributed by atoms with E-state index in [1.807, 2.05) is 43.7 Å². The minimum Gasteiger partial charge on any atom is -0.448 e. The normalized spacial score (nSPS) is 11.3. The quantitative estimate of drug-likeness (QED) is 0.597. The van der Waals surface area contributed by atoms with Crippen molar-refractivity contribution in [2.75, 3.05) is 5.32 Å². The van der Waals surface area contributed by atoms with Crippen molar-refractivity contribution in [2.24, 2.45) is 7.05 Å². The SMILES string of the molecule is CC(C)c1nc(C(=O)Nc2cc3cc(-c4cncn4C)ccc3nn2)co1. The first-order valence-corrected chi connectivity index (χ1v) is 8.52. The van der Waals surface area contributed by atoms with Crippen LogP contribution in [0.2, 0.25) is 0 Å². The molecular weight excluding hydrogens is 344 g/mol. The maximum absolute atomic E-state index is 12.4. The molecule has 0 saturated carbocycles. The van der Waals surface area contributed by atoms with Crippen LogP contribution in [0.3, 0.4) is 0 Å². The zero-order chi connectivity index (χ0) is 19.0. The minimum atomic E-state index is -0.387. The standard InChI is InChI=1S/C19H18N6O2/c1-11(2)19-21-15(9-27-19)18(26)22-17-7-13-6-12(4-5-14(13)23-24-17)16-8-20-10-25(16)3/h4-11H,1-3H3,(H,22,24,26). The summed E-state index contributed by atoms with van der Waals surface area (Å²) in [5.74, 6) is 0.592. The summed E-state index contributed by atoms with van der Waals surface area (Å²) in [6.45, 7) is 3.89. The van der Waals surface area contributed by atoms with Crippen LogP contribution in [-0.4, -0.2) is 30.6 Å². The van der Waals surface area contributed by atoms with E-state index in [1.54, 1.807) is 18.6 Å². The Labute approximate surface area is 155 Å². The van der Waals surface area contributed by atoms with Crippen LogP contribution >= 0.6 is 0 Å². The van der Waals surface area contributed by atoms with Gasteiger partial charge in [0.05, 0.1) is 23.7 Å². The lowest BCUT2D eigenvalue weighted by Gasteiger charge is -2.06. The van der Waals surface area contributed by atoms with Gasteiger partial charge in [-0.2, -0.15) is 0 Å². The molecule has 136 valence electrons. The first-order chi connectivity index (χ1) is 13.0. The molecule has 0 radical (unpaired) electrons. The smallest absolute Gasteiger partial charge is 0.278 e. The van der Waals surface area contributed by atoms with Crippen LogP contribution in [0.1, 0.15) is 36.1 Å². The maximum Gasteiger partial charge on any atom is 0.278 e. The molecule has 4 aromatic rings. The summed E-state index contributed by atoms with van der Waals surface area (Å²) in [7, 11) is 1.94. The topological polar surface area (TPSA) is 98.7 Å². The van der Waals surface area contributed by atoms with E-state index in [2.05, 4.69) is 25.5 Å². The number of amides is 1. The molecule has 0 aliphatic heterocycles. The van der Waals surface area contributed by atoms with E-state index in [-0.39, 0.29) is 17.5 Å². The molecule has 1 amide bonds. The molecule has 0 spiro atoms. The van der Waals surface area contributed by atoms with Crippen LogP contribution in [-0.2, 0) is 7.05 Å². The Morgan fingerprint density at radius 2 is 2.07 bits per heavy atom. The Hall–Kier alpha value is -3.55. The zero-order valence-electron chi connectivity index (χ0n) is 15.2. The van der Waals surface area contributed by atoms with Gasteiger partial charge < -0.3 is 14.3 Å². The van der Waals surface area contributed by atoms with Crippen molar-refractivity contribution in [3.05, 3.63) is 54.6 Å². The van der Waals surface area contributed by atoms with E-state index >= 15 is 0 Å². The zero-order valence-corrected chi connectivity index (χ0v) is 15.2. The predicted octanol–water partition coefficient (Wildman–Crippen LogP) is 3.39. The number of aromatic nitrogens is 5. The first kappa shape index (κ1) is 16.9. The molecule has 8 heteroatoms. The summed E-state index contributed by atoms with van der Waals surface area (Å²) < 4.78 is 7.25. The lowest BCUT2D eigenvalue weighted by molar-refractivity contribution is 0.102. The van der Waals surface area contributed by atoms with Gasteiger partial charge >= 0.3 is 0 Å². The average molecular weight is 362 g/mol. The van der Waals surface area contributed by atoms with Gasteiger partial charge in [-0.1, -0.05) is 19.9 Å². The number of nitrogens with one attached hydrogen (secondary N) is 1. The van der Waals surface area contributed by atoms with Crippen molar-refractivity contribution in [3.63, 3.8) is 0 Å². The van der Waals surface area contributed by atoms with Crippen LogP contribution in [0.5, 0.6) is 0 Å². The average Bonchev–Trinajstić information content (AvgIpc) is 3.30. The van der Waals surface area contributed by atoms with E-state index in [4.69, 9.17) is 4.42 Å². The molecule has 0 aliphatic rings. The Kier molecular flexibility index (Phi) is 4.15. The molecule has 0 fully saturated rings. The second kappa shape index (κ2) is 6.64. The molecule has 1 N–H and O–H groups in total. The number of fused-ring (bicyclic) bond motifs is 1. The van der Waals surface area contributed by atoms with E-state index in [0.717, 1.165) is 22.2 Å². The lowest BCUT2D eigenvalue weighted by atomic mass is 10.1. The van der Waals surface area contributed by atoms with Crippen molar-refractivity contribution in [2.45, 2.75) is 19.8 Å². The van der Waals surface area contributed by atoms with E-state index < -0.39 is 0 Å². The number of nitrogens with zero attached hydrogens (tertiary/aromatic N) is 5. The first-order valence-electron chi connectivity index (χ1n) is 8.52. The molecule has 0 unspecified atom stereocenters. The third kappa shape index (κ3) is 3.29. The molecule has 3 heterocycles. The summed E-state index contributed by atoms with van der Waals surface area (Å²) in [5.41, 5.74) is 2.95. The van der Waals surface area contributed by atoms with Gasteiger partial charge in [-0.15, -0.1) is 10.2 Å². The number of benzene rings is 1. The number of hydrogen-bond acceptors (Lipinski definition) is 6. The van der Waals surface area contributed by atoms with Crippen LogP contribution in [0.25, 0.3) is 22.2 Å². The number of oxazole rings is 1. The molecule has 8 nitrogen and oxygen atoms in total. The van der Waals surface area contributed by atoms with Gasteiger partial charge in [-0.3, -0.25) is 4.79 Å². The molecule has 3 aromatic heterocycles. The van der Waals surface area contributed by atoms with Crippen molar-refractivity contribution in [1.29, 1.82) is 0 Å². The molecule has 1 aromatic carbocycles. The monoisotopic (exact) mass is 362 g/mol. The number of rotatable bonds is 4. The Bertz CT molecular complexity index is 1130. The largest absolute Gasteiger partial charge is 0.448 e. The molecule has 0 saturated heterocycles. The van der Waals surface area contributed by atoms with E-state index in [1.165, 1.54) is 6.26 Å². The van der Waals surface area contributed by atoms with Crippen molar-refractivity contribution < 1.29 is 9.21 Å². The van der Waals surface area contributed by atoms with E-state index in [9.17, 15) is 4.79 Å². The highest BCUT2D eigenvalue weighted by Gasteiger charge is 2.15. The van der Waals surface area contributed by atoms with Gasteiger partial charge in [0.2, 0.25) is 0 Å². The van der Waals surface area contributed by atoms with Gasteiger partial charge in [-0.05, 0) is 18.2 Å². The molecule has 4 rings (SSSR count). The predicted molar refractivity (Wildman–Crippen MR) is 100 cm³/mol. The van der Waals surface area contributed by atoms with Crippen molar-refractivity contribution in [3.8, 4) is 11.3 Å². The Morgan fingerprint density at radius 1 is 1.22 bits per heavy atom. The van der Waals surface area contributed by atoms with Crippen molar-refractivity contribution in [1.82, 2.24) is 24.7 Å². The molecule has 27 heavy (non-hydrogen) atoms. The third-order valence-electron chi connectivity index (χ3n) is 4.19. The summed E-state index contributed by atoms with van der Waals surface area (Å²) in [5, 5.41) is 11.8. The highest BCUT2D eigenvalue weighted by atomic mass is 16.3. The van der Waals surface area contributed by atoms with Gasteiger partial charge in [0.25, 0.3) is 5.91 Å². The summed E-state index contributed by atoms with van der Waals surface area (Å²) in [6, 6.07) is 7.63. The number of carbonyl (C=O) groups is 1. The molecule has 0 aliphatic carbocycles. The fraction of sp³-hybridized carbons (Fsp3) is 0.211. The second-order valence-electron chi connectivity index (χ2n) is 6.57. The van der Waals surface area contributed by atoms with Crippen LogP contribution < -0.4 is 5.32 Å². The number of carbonyl (C=O) groups excluding carboxylic acids is 1. The van der Waals surface area contributed by atoms with E-state index in [0.29, 0.717) is 11.7 Å².